The molecule has 2 N–H and O–H groups in total. The molecule has 1 aromatic rings. The Morgan fingerprint density at radius 1 is 1.23 bits per heavy atom. The van der Waals surface area contributed by atoms with Crippen molar-refractivity contribution in [2.24, 2.45) is 5.92 Å². The van der Waals surface area contributed by atoms with E-state index in [0.29, 0.717) is 18.3 Å². The number of halogens is 1. The topological polar surface area (TPSA) is 98.1 Å². The van der Waals surface area contributed by atoms with E-state index in [1.807, 2.05) is 11.6 Å². The fourth-order valence-corrected chi connectivity index (χ4v) is 3.62. The van der Waals surface area contributed by atoms with E-state index in [2.05, 4.69) is 20.9 Å². The number of nitrogens with one attached hydrogen (secondary N) is 2. The van der Waals surface area contributed by atoms with Crippen molar-refractivity contribution in [3.05, 3.63) is 11.9 Å². The summed E-state index contributed by atoms with van der Waals surface area (Å²) in [7, 11) is 0. The van der Waals surface area contributed by atoms with Crippen molar-refractivity contribution in [3.63, 3.8) is 0 Å². The SMILES string of the molecule is CCOC(=O)C1CCC(NC(=O)c2cn(C3CCNCC3)nn2)CC1.Cl. The summed E-state index contributed by atoms with van der Waals surface area (Å²) >= 11 is 0. The zero-order valence-electron chi connectivity index (χ0n) is 15.1. The van der Waals surface area contributed by atoms with Crippen LogP contribution in [0.1, 0.15) is 62.0 Å². The van der Waals surface area contributed by atoms with Gasteiger partial charge in [0.1, 0.15) is 0 Å². The quantitative estimate of drug-likeness (QED) is 0.745. The zero-order valence-corrected chi connectivity index (χ0v) is 16.0. The number of esters is 1. The maximum atomic E-state index is 12.4. The minimum atomic E-state index is -0.181. The summed E-state index contributed by atoms with van der Waals surface area (Å²) in [6.07, 6.45) is 6.84. The molecule has 1 amide bonds. The van der Waals surface area contributed by atoms with Crippen molar-refractivity contribution < 1.29 is 14.3 Å². The van der Waals surface area contributed by atoms with Gasteiger partial charge in [-0.3, -0.25) is 9.59 Å². The van der Waals surface area contributed by atoms with E-state index in [9.17, 15) is 9.59 Å². The second-order valence-electron chi connectivity index (χ2n) is 6.84. The lowest BCUT2D eigenvalue weighted by molar-refractivity contribution is -0.149. The fourth-order valence-electron chi connectivity index (χ4n) is 3.62. The van der Waals surface area contributed by atoms with Crippen LogP contribution in [-0.4, -0.2) is 52.6 Å². The largest absolute Gasteiger partial charge is 0.466 e. The molecule has 1 aliphatic carbocycles. The molecule has 2 aliphatic rings. The summed E-state index contributed by atoms with van der Waals surface area (Å²) in [6.45, 7) is 4.18. The Morgan fingerprint density at radius 3 is 2.58 bits per heavy atom. The van der Waals surface area contributed by atoms with Gasteiger partial charge in [0.15, 0.2) is 5.69 Å². The number of carbonyl (C=O) groups is 2. The fraction of sp³-hybridized carbons (Fsp3) is 0.765. The molecule has 3 rings (SSSR count). The highest BCUT2D eigenvalue weighted by atomic mass is 35.5. The second-order valence-corrected chi connectivity index (χ2v) is 6.84. The number of nitrogens with zero attached hydrogens (tertiary/aromatic N) is 3. The molecule has 146 valence electrons. The second kappa shape index (κ2) is 9.87. The van der Waals surface area contributed by atoms with E-state index in [0.717, 1.165) is 51.6 Å². The number of amides is 1. The molecule has 0 radical (unpaired) electrons. The first-order valence-corrected chi connectivity index (χ1v) is 9.27. The van der Waals surface area contributed by atoms with Gasteiger partial charge in [0, 0.05) is 6.04 Å². The molecule has 0 aromatic carbocycles. The third kappa shape index (κ3) is 5.17. The average molecular weight is 386 g/mol. The predicted octanol–water partition coefficient (Wildman–Crippen LogP) is 1.48. The van der Waals surface area contributed by atoms with E-state index in [4.69, 9.17) is 4.74 Å². The number of piperidine rings is 1. The van der Waals surface area contributed by atoms with Crippen LogP contribution in [0, 0.1) is 5.92 Å². The minimum Gasteiger partial charge on any atom is -0.466 e. The van der Waals surface area contributed by atoms with Crippen LogP contribution in [-0.2, 0) is 9.53 Å². The molecule has 1 saturated carbocycles. The van der Waals surface area contributed by atoms with E-state index < -0.39 is 0 Å². The molecule has 2 heterocycles. The van der Waals surface area contributed by atoms with Crippen molar-refractivity contribution in [1.29, 1.82) is 0 Å². The van der Waals surface area contributed by atoms with E-state index in [-0.39, 0.29) is 36.2 Å². The van der Waals surface area contributed by atoms with Gasteiger partial charge in [0.25, 0.3) is 5.91 Å². The first-order valence-electron chi connectivity index (χ1n) is 9.27. The summed E-state index contributed by atoms with van der Waals surface area (Å²) in [5, 5.41) is 14.5. The third-order valence-corrected chi connectivity index (χ3v) is 5.11. The lowest BCUT2D eigenvalue weighted by Gasteiger charge is -2.27. The highest BCUT2D eigenvalue weighted by Gasteiger charge is 2.28. The van der Waals surface area contributed by atoms with Gasteiger partial charge >= 0.3 is 5.97 Å². The third-order valence-electron chi connectivity index (χ3n) is 5.11. The highest BCUT2D eigenvalue weighted by molar-refractivity contribution is 5.92. The first-order chi connectivity index (χ1) is 12.2. The van der Waals surface area contributed by atoms with Gasteiger partial charge < -0.3 is 15.4 Å². The maximum absolute atomic E-state index is 12.4. The van der Waals surface area contributed by atoms with E-state index >= 15 is 0 Å². The molecule has 0 spiro atoms. The molecule has 0 bridgehead atoms. The van der Waals surface area contributed by atoms with Gasteiger partial charge in [-0.1, -0.05) is 5.21 Å². The van der Waals surface area contributed by atoms with Crippen molar-refractivity contribution in [1.82, 2.24) is 25.6 Å². The molecular formula is C17H28ClN5O3. The molecule has 2 fully saturated rings. The van der Waals surface area contributed by atoms with Crippen molar-refractivity contribution in [2.75, 3.05) is 19.7 Å². The van der Waals surface area contributed by atoms with Gasteiger partial charge in [-0.2, -0.15) is 0 Å². The highest BCUT2D eigenvalue weighted by Crippen LogP contribution is 2.25. The number of rotatable bonds is 5. The van der Waals surface area contributed by atoms with Crippen LogP contribution in [0.3, 0.4) is 0 Å². The molecule has 0 unspecified atom stereocenters. The molecule has 1 aromatic heterocycles. The Morgan fingerprint density at radius 2 is 1.92 bits per heavy atom. The summed E-state index contributed by atoms with van der Waals surface area (Å²) in [5.41, 5.74) is 0.367. The van der Waals surface area contributed by atoms with Gasteiger partial charge in [0.05, 0.1) is 24.8 Å². The van der Waals surface area contributed by atoms with E-state index in [1.54, 1.807) is 6.20 Å². The maximum Gasteiger partial charge on any atom is 0.308 e. The lowest BCUT2D eigenvalue weighted by atomic mass is 9.86. The van der Waals surface area contributed by atoms with Crippen molar-refractivity contribution in [3.8, 4) is 0 Å². The van der Waals surface area contributed by atoms with Gasteiger partial charge in [-0.15, -0.1) is 17.5 Å². The Bertz CT molecular complexity index is 595. The standard InChI is InChI=1S/C17H27N5O3.ClH/c1-2-25-17(24)12-3-5-13(6-4-12)19-16(23)15-11-22(21-20-15)14-7-9-18-10-8-14;/h11-14,18H,2-10H2,1H3,(H,19,23);1H. The van der Waals surface area contributed by atoms with Crippen LogP contribution in [0.2, 0.25) is 0 Å². The van der Waals surface area contributed by atoms with Gasteiger partial charge in [-0.05, 0) is 58.5 Å². The molecule has 26 heavy (non-hydrogen) atoms. The summed E-state index contributed by atoms with van der Waals surface area (Å²) in [4.78, 5) is 24.2. The normalized spacial score (nSPS) is 23.7. The number of carbonyl (C=O) groups excluding carboxylic acids is 2. The Kier molecular flexibility index (Phi) is 7.84. The predicted molar refractivity (Wildman–Crippen MR) is 98.3 cm³/mol. The Labute approximate surface area is 159 Å². The Hall–Kier alpha value is -1.67. The monoisotopic (exact) mass is 385 g/mol. The number of aromatic nitrogens is 3. The molecule has 1 saturated heterocycles. The Balaban J connectivity index is 0.00000243. The summed E-state index contributed by atoms with van der Waals surface area (Å²) in [6, 6.07) is 0.400. The molecular weight excluding hydrogens is 358 g/mol. The van der Waals surface area contributed by atoms with Crippen LogP contribution in [0.15, 0.2) is 6.20 Å². The summed E-state index contributed by atoms with van der Waals surface area (Å²) < 4.78 is 6.89. The van der Waals surface area contributed by atoms with Crippen molar-refractivity contribution in [2.45, 2.75) is 57.5 Å². The van der Waals surface area contributed by atoms with Crippen LogP contribution in [0.5, 0.6) is 0 Å². The van der Waals surface area contributed by atoms with Gasteiger partial charge in [0.2, 0.25) is 0 Å². The van der Waals surface area contributed by atoms with Crippen LogP contribution in [0.25, 0.3) is 0 Å². The van der Waals surface area contributed by atoms with E-state index in [1.165, 1.54) is 0 Å². The van der Waals surface area contributed by atoms with Crippen LogP contribution >= 0.6 is 12.4 Å². The smallest absolute Gasteiger partial charge is 0.308 e. The molecule has 8 nitrogen and oxygen atoms in total. The van der Waals surface area contributed by atoms with Crippen molar-refractivity contribution >= 4 is 24.3 Å². The zero-order chi connectivity index (χ0) is 17.6. The first kappa shape index (κ1) is 20.6. The number of ether oxygens (including phenoxy) is 1. The van der Waals surface area contributed by atoms with Gasteiger partial charge in [-0.25, -0.2) is 4.68 Å². The lowest BCUT2D eigenvalue weighted by Crippen LogP contribution is -2.39. The molecule has 1 aliphatic heterocycles. The average Bonchev–Trinajstić information content (AvgIpc) is 3.13. The number of hydrogen-bond acceptors (Lipinski definition) is 6. The van der Waals surface area contributed by atoms with Crippen LogP contribution < -0.4 is 10.6 Å². The molecule has 9 heteroatoms. The molecule has 0 atom stereocenters. The van der Waals surface area contributed by atoms with Crippen LogP contribution in [0.4, 0.5) is 0 Å². The minimum absolute atomic E-state index is 0. The summed E-state index contributed by atoms with van der Waals surface area (Å²) in [5.74, 6) is -0.328. The number of hydrogen-bond donors (Lipinski definition) is 2.